The first-order valence-corrected chi connectivity index (χ1v) is 23.8. The Kier molecular flexibility index (Phi) is 13.6. The average Bonchev–Trinajstić information content (AvgIpc) is 3.26. The van der Waals surface area contributed by atoms with E-state index >= 15 is 0 Å². The third-order valence-corrected chi connectivity index (χ3v) is 18.9. The SMILES string of the molecule is CC1(C)CC[C@]2(C(=O)O)[C@H](O)C[C@@]3(C)C(=CC[C@@H]4[C@@]5(C)CC[C@H](O[C@@H]6O[C@H](C(=O)O)[C@H](O)[C@H](O[C@@H]7OC[C@H](O)[C@H](O)[C@@H]7O)[C@@H]6O[C@@H]6O[C@H](CO)[C@H](O)[C@H](O)[C@@H]6O)[C@@](C)(C=O)[C@H]5CC[C@]43C)[C@@H]2C1. The molecule has 380 valence electrons. The molecular formula is C47H72O20. The van der Waals surface area contributed by atoms with Gasteiger partial charge in [-0.1, -0.05) is 53.2 Å². The second-order valence-electron chi connectivity index (χ2n) is 22.8. The molecule has 0 unspecified atom stereocenters. The predicted octanol–water partition coefficient (Wildman–Crippen LogP) is -0.413. The monoisotopic (exact) mass is 956 g/mol. The van der Waals surface area contributed by atoms with Gasteiger partial charge < -0.3 is 89.4 Å². The van der Waals surface area contributed by atoms with Crippen LogP contribution in [0.3, 0.4) is 0 Å². The Morgan fingerprint density at radius 3 is 2.04 bits per heavy atom. The fourth-order valence-corrected chi connectivity index (χ4v) is 14.8. The fourth-order valence-electron chi connectivity index (χ4n) is 14.8. The van der Waals surface area contributed by atoms with Gasteiger partial charge in [-0.05, 0) is 97.2 Å². The smallest absolute Gasteiger partial charge is 0.335 e. The topological polar surface area (TPSA) is 329 Å². The van der Waals surface area contributed by atoms with Gasteiger partial charge >= 0.3 is 11.9 Å². The highest BCUT2D eigenvalue weighted by atomic mass is 16.8. The zero-order valence-corrected chi connectivity index (χ0v) is 39.0. The lowest BCUT2D eigenvalue weighted by Crippen LogP contribution is -2.69. The summed E-state index contributed by atoms with van der Waals surface area (Å²) in [6.45, 7) is 11.3. The first kappa shape index (κ1) is 51.1. The first-order valence-electron chi connectivity index (χ1n) is 23.8. The Balaban J connectivity index is 1.13. The van der Waals surface area contributed by atoms with E-state index < -0.39 is 150 Å². The van der Waals surface area contributed by atoms with Gasteiger partial charge in [0.1, 0.15) is 72.7 Å². The summed E-state index contributed by atoms with van der Waals surface area (Å²) in [6, 6.07) is 0. The van der Waals surface area contributed by atoms with Crippen molar-refractivity contribution in [2.45, 2.75) is 198 Å². The van der Waals surface area contributed by atoms with Crippen molar-refractivity contribution in [2.24, 2.45) is 50.2 Å². The van der Waals surface area contributed by atoms with Gasteiger partial charge in [0.05, 0.1) is 30.8 Å². The molecule has 0 aromatic rings. The highest BCUT2D eigenvalue weighted by molar-refractivity contribution is 5.78. The summed E-state index contributed by atoms with van der Waals surface area (Å²) in [5.41, 5.74) is -3.10. The summed E-state index contributed by atoms with van der Waals surface area (Å²) in [5, 5.41) is 118. The molecule has 20 heteroatoms. The molecule has 11 N–H and O–H groups in total. The maximum Gasteiger partial charge on any atom is 0.335 e. The molecule has 20 nitrogen and oxygen atoms in total. The normalized spacial score (nSPS) is 54.0. The van der Waals surface area contributed by atoms with Crippen molar-refractivity contribution in [1.82, 2.24) is 0 Å². The number of aldehydes is 1. The van der Waals surface area contributed by atoms with Crippen LogP contribution in [0.15, 0.2) is 11.6 Å². The second-order valence-corrected chi connectivity index (χ2v) is 22.8. The van der Waals surface area contributed by atoms with Crippen LogP contribution in [0.2, 0.25) is 0 Å². The lowest BCUT2D eigenvalue weighted by atomic mass is 9.33. The van der Waals surface area contributed by atoms with Crippen LogP contribution >= 0.6 is 0 Å². The number of allylic oxidation sites excluding steroid dienone is 2. The maximum absolute atomic E-state index is 13.8. The summed E-state index contributed by atoms with van der Waals surface area (Å²) in [7, 11) is 0. The number of carbonyl (C=O) groups is 3. The van der Waals surface area contributed by atoms with E-state index in [9.17, 15) is 70.6 Å². The Morgan fingerprint density at radius 2 is 1.40 bits per heavy atom. The third kappa shape index (κ3) is 7.78. The minimum Gasteiger partial charge on any atom is -0.481 e. The molecule has 5 aliphatic carbocycles. The summed E-state index contributed by atoms with van der Waals surface area (Å²) >= 11 is 0. The third-order valence-electron chi connectivity index (χ3n) is 18.9. The number of carboxylic acids is 2. The van der Waals surface area contributed by atoms with Crippen molar-refractivity contribution in [3.63, 3.8) is 0 Å². The van der Waals surface area contributed by atoms with Gasteiger partial charge in [0.15, 0.2) is 25.0 Å². The zero-order valence-electron chi connectivity index (χ0n) is 39.0. The molecule has 0 amide bonds. The second kappa shape index (κ2) is 17.8. The number of aliphatic hydroxyl groups is 9. The molecule has 0 aromatic heterocycles. The molecule has 8 rings (SSSR count). The molecule has 67 heavy (non-hydrogen) atoms. The van der Waals surface area contributed by atoms with E-state index in [1.165, 1.54) is 0 Å². The van der Waals surface area contributed by atoms with Gasteiger partial charge in [0.2, 0.25) is 0 Å². The van der Waals surface area contributed by atoms with Gasteiger partial charge in [0.25, 0.3) is 0 Å². The van der Waals surface area contributed by atoms with Crippen LogP contribution in [0.1, 0.15) is 99.3 Å². The van der Waals surface area contributed by atoms with Crippen LogP contribution in [-0.4, -0.2) is 186 Å². The van der Waals surface area contributed by atoms with Crippen molar-refractivity contribution < 1.29 is 99.0 Å². The lowest BCUT2D eigenvalue weighted by Gasteiger charge is -2.71. The largest absolute Gasteiger partial charge is 0.481 e. The van der Waals surface area contributed by atoms with Crippen molar-refractivity contribution in [3.8, 4) is 0 Å². The minimum atomic E-state index is -2.14. The van der Waals surface area contributed by atoms with Gasteiger partial charge in [-0.2, -0.15) is 0 Å². The van der Waals surface area contributed by atoms with E-state index in [0.29, 0.717) is 44.9 Å². The van der Waals surface area contributed by atoms with Crippen LogP contribution in [0.4, 0.5) is 0 Å². The van der Waals surface area contributed by atoms with Gasteiger partial charge in [-0.15, -0.1) is 0 Å². The molecule has 8 aliphatic rings. The molecule has 3 aliphatic heterocycles. The van der Waals surface area contributed by atoms with Crippen molar-refractivity contribution in [3.05, 3.63) is 11.6 Å². The Hall–Kier alpha value is -2.25. The summed E-state index contributed by atoms with van der Waals surface area (Å²) in [4.78, 5) is 39.8. The van der Waals surface area contributed by atoms with E-state index in [0.717, 1.165) is 11.9 Å². The molecule has 0 bridgehead atoms. The van der Waals surface area contributed by atoms with E-state index in [-0.39, 0.29) is 36.0 Å². The van der Waals surface area contributed by atoms with Crippen LogP contribution in [0.5, 0.6) is 0 Å². The van der Waals surface area contributed by atoms with E-state index in [2.05, 4.69) is 40.7 Å². The van der Waals surface area contributed by atoms with Crippen LogP contribution in [0.25, 0.3) is 0 Å². The van der Waals surface area contributed by atoms with Gasteiger partial charge in [0, 0.05) is 0 Å². The highest BCUT2D eigenvalue weighted by Gasteiger charge is 2.72. The van der Waals surface area contributed by atoms with Crippen LogP contribution < -0.4 is 0 Å². The number of fused-ring (bicyclic) bond motifs is 7. The molecule has 0 radical (unpaired) electrons. The molecule has 0 aromatic carbocycles. The van der Waals surface area contributed by atoms with Crippen molar-refractivity contribution >= 4 is 18.2 Å². The molecule has 0 spiro atoms. The number of carboxylic acid groups (broad SMARTS) is 2. The number of carbonyl (C=O) groups excluding carboxylic acids is 1. The van der Waals surface area contributed by atoms with Crippen molar-refractivity contribution in [1.29, 1.82) is 0 Å². The summed E-state index contributed by atoms with van der Waals surface area (Å²) in [5.74, 6) is -3.36. The van der Waals surface area contributed by atoms with Crippen LogP contribution in [0, 0.1) is 50.2 Å². The molecule has 7 fully saturated rings. The quantitative estimate of drug-likeness (QED) is 0.0753. The Labute approximate surface area is 389 Å². The highest BCUT2D eigenvalue weighted by Crippen LogP contribution is 2.76. The van der Waals surface area contributed by atoms with Crippen LogP contribution in [-0.2, 0) is 42.8 Å². The summed E-state index contributed by atoms with van der Waals surface area (Å²) in [6.07, 6.45) is -20.5. The number of hydrogen-bond donors (Lipinski definition) is 11. The van der Waals surface area contributed by atoms with E-state index in [1.54, 1.807) is 6.92 Å². The average molecular weight is 957 g/mol. The van der Waals surface area contributed by atoms with Gasteiger partial charge in [-0.3, -0.25) is 4.79 Å². The van der Waals surface area contributed by atoms with Gasteiger partial charge in [-0.25, -0.2) is 4.79 Å². The Morgan fingerprint density at radius 1 is 0.731 bits per heavy atom. The first-order chi connectivity index (χ1) is 31.3. The molecule has 3 heterocycles. The predicted molar refractivity (Wildman–Crippen MR) is 227 cm³/mol. The number of ether oxygens (including phenoxy) is 6. The maximum atomic E-state index is 13.8. The lowest BCUT2D eigenvalue weighted by molar-refractivity contribution is -0.391. The van der Waals surface area contributed by atoms with Crippen molar-refractivity contribution in [2.75, 3.05) is 13.2 Å². The van der Waals surface area contributed by atoms with E-state index in [4.69, 9.17) is 28.4 Å². The fraction of sp³-hybridized carbons (Fsp3) is 0.894. The molecule has 24 atom stereocenters. The summed E-state index contributed by atoms with van der Waals surface area (Å²) < 4.78 is 35.9. The zero-order chi connectivity index (χ0) is 49.1. The standard InChI is InChI=1S/C47H72O20/c1-42(2)13-14-47(41(60)61)21(15-42)20-7-8-25-43(3)11-10-27(44(4,19-49)24(43)9-12-45(25,5)46(20,6)16-26(47)51)64-40-36(67-39-32(56)30(54)29(53)23(17-48)63-39)34(33(57)35(66-40)37(58)59)65-38-31(55)28(52)22(50)18-62-38/h7,19,21-36,38-40,48,50-57H,8-18H2,1-6H3,(H,58,59)(H,60,61)/t21-,22-,23+,24-,25+,26+,27-,28-,29-,30-,31-,32-,33+,34-,35-,36-,38-,39-,40+,43-,44-,45+,46-,47+/m0/s1. The van der Waals surface area contributed by atoms with E-state index in [1.807, 2.05) is 0 Å². The molecule has 4 saturated carbocycles. The number of aliphatic hydroxyl groups excluding tert-OH is 9. The number of aliphatic carboxylic acids is 2. The number of rotatable bonds is 10. The minimum absolute atomic E-state index is 0.0258. The Bertz CT molecular complexity index is 1910. The molecule has 3 saturated heterocycles. The number of hydrogen-bond acceptors (Lipinski definition) is 18. The molecular weight excluding hydrogens is 884 g/mol.